The summed E-state index contributed by atoms with van der Waals surface area (Å²) in [5.74, 6) is -0.552. The molecule has 0 saturated carbocycles. The molecule has 2 rings (SSSR count). The second-order valence-electron chi connectivity index (χ2n) is 5.36. The molecule has 0 atom stereocenters. The molecule has 2 aromatic rings. The number of halogens is 1. The number of carbonyl (C=O) groups is 1. The number of aryl methyl sites for hydroxylation is 1. The number of nitrogens with zero attached hydrogens (tertiary/aromatic N) is 3. The van der Waals surface area contributed by atoms with Gasteiger partial charge in [0.25, 0.3) is 0 Å². The van der Waals surface area contributed by atoms with Crippen LogP contribution < -0.4 is 0 Å². The summed E-state index contributed by atoms with van der Waals surface area (Å²) in [6, 6.07) is 7.40. The molecule has 1 N–H and O–H groups in total. The predicted octanol–water partition coefficient (Wildman–Crippen LogP) is 3.27. The number of aromatic nitrogens is 3. The van der Waals surface area contributed by atoms with E-state index in [-0.39, 0.29) is 5.69 Å². The number of carboxylic acids is 1. The van der Waals surface area contributed by atoms with Crippen LogP contribution in [0.2, 0.25) is 5.02 Å². The lowest BCUT2D eigenvalue weighted by molar-refractivity contribution is 0.0689. The Morgan fingerprint density at radius 2 is 2.10 bits per heavy atom. The third-order valence-corrected chi connectivity index (χ3v) is 3.64. The molecule has 0 radical (unpaired) electrons. The first-order valence-electron chi connectivity index (χ1n) is 6.88. The zero-order valence-electron chi connectivity index (χ0n) is 12.1. The van der Waals surface area contributed by atoms with Gasteiger partial charge < -0.3 is 5.11 Å². The van der Waals surface area contributed by atoms with Crippen molar-refractivity contribution in [1.82, 2.24) is 15.0 Å². The standard InChI is InChI=1S/C15H18ClN3O2/c1-10(2)7-8-19-13(14(15(20)21)17-18-19)9-11-5-3-4-6-12(11)16/h3-6,10H,7-9H2,1-2H3,(H,20,21). The fourth-order valence-electron chi connectivity index (χ4n) is 2.06. The number of rotatable bonds is 6. The highest BCUT2D eigenvalue weighted by molar-refractivity contribution is 6.31. The van der Waals surface area contributed by atoms with Crippen molar-refractivity contribution in [3.05, 3.63) is 46.2 Å². The summed E-state index contributed by atoms with van der Waals surface area (Å²) >= 11 is 6.16. The van der Waals surface area contributed by atoms with Gasteiger partial charge in [0.2, 0.25) is 0 Å². The van der Waals surface area contributed by atoms with Gasteiger partial charge in [0.15, 0.2) is 5.69 Å². The van der Waals surface area contributed by atoms with E-state index < -0.39 is 5.97 Å². The maximum atomic E-state index is 11.3. The number of aromatic carboxylic acids is 1. The fraction of sp³-hybridized carbons (Fsp3) is 0.400. The summed E-state index contributed by atoms with van der Waals surface area (Å²) in [5.41, 5.74) is 1.46. The first-order chi connectivity index (χ1) is 9.99. The molecule has 0 aliphatic carbocycles. The quantitative estimate of drug-likeness (QED) is 0.889. The van der Waals surface area contributed by atoms with Crippen LogP contribution in [0.5, 0.6) is 0 Å². The van der Waals surface area contributed by atoms with E-state index in [1.807, 2.05) is 18.2 Å². The molecule has 1 aromatic heterocycles. The number of carboxylic acid groups (broad SMARTS) is 1. The summed E-state index contributed by atoms with van der Waals surface area (Å²) in [6.07, 6.45) is 1.32. The Kier molecular flexibility index (Phi) is 4.96. The molecule has 0 spiro atoms. The van der Waals surface area contributed by atoms with Gasteiger partial charge in [-0.1, -0.05) is 48.9 Å². The molecule has 0 amide bonds. The molecular formula is C15H18ClN3O2. The molecule has 5 nitrogen and oxygen atoms in total. The van der Waals surface area contributed by atoms with E-state index in [9.17, 15) is 9.90 Å². The highest BCUT2D eigenvalue weighted by atomic mass is 35.5. The minimum absolute atomic E-state index is 0.00123. The average molecular weight is 308 g/mol. The first-order valence-corrected chi connectivity index (χ1v) is 7.26. The van der Waals surface area contributed by atoms with Crippen LogP contribution >= 0.6 is 11.6 Å². The molecule has 0 aliphatic rings. The minimum atomic E-state index is -1.06. The highest BCUT2D eigenvalue weighted by Crippen LogP contribution is 2.20. The van der Waals surface area contributed by atoms with Gasteiger partial charge in [0.05, 0.1) is 5.69 Å². The molecule has 1 aromatic carbocycles. The lowest BCUT2D eigenvalue weighted by atomic mass is 10.1. The Bertz CT molecular complexity index is 638. The van der Waals surface area contributed by atoms with Gasteiger partial charge in [-0.3, -0.25) is 0 Å². The molecule has 112 valence electrons. The highest BCUT2D eigenvalue weighted by Gasteiger charge is 2.20. The van der Waals surface area contributed by atoms with E-state index in [2.05, 4.69) is 24.2 Å². The van der Waals surface area contributed by atoms with E-state index in [0.717, 1.165) is 12.0 Å². The maximum Gasteiger partial charge on any atom is 0.358 e. The van der Waals surface area contributed by atoms with Crippen LogP contribution in [0.1, 0.15) is 42.0 Å². The molecular weight excluding hydrogens is 290 g/mol. The van der Waals surface area contributed by atoms with Crippen molar-refractivity contribution in [2.45, 2.75) is 33.2 Å². The van der Waals surface area contributed by atoms with Gasteiger partial charge in [-0.2, -0.15) is 0 Å². The molecule has 21 heavy (non-hydrogen) atoms. The van der Waals surface area contributed by atoms with Gasteiger partial charge in [-0.15, -0.1) is 5.10 Å². The van der Waals surface area contributed by atoms with Crippen LogP contribution in [-0.2, 0) is 13.0 Å². The maximum absolute atomic E-state index is 11.3. The summed E-state index contributed by atoms with van der Waals surface area (Å²) in [5, 5.41) is 17.6. The van der Waals surface area contributed by atoms with Crippen LogP contribution in [0.4, 0.5) is 0 Å². The van der Waals surface area contributed by atoms with E-state index in [1.165, 1.54) is 0 Å². The van der Waals surface area contributed by atoms with Gasteiger partial charge in [-0.05, 0) is 24.0 Å². The number of hydrogen-bond donors (Lipinski definition) is 1. The molecule has 1 heterocycles. The monoisotopic (exact) mass is 307 g/mol. The SMILES string of the molecule is CC(C)CCn1nnc(C(=O)O)c1Cc1ccccc1Cl. The van der Waals surface area contributed by atoms with Crippen molar-refractivity contribution >= 4 is 17.6 Å². The first kappa shape index (κ1) is 15.5. The third kappa shape index (κ3) is 3.82. The van der Waals surface area contributed by atoms with Gasteiger partial charge in [0, 0.05) is 18.0 Å². The number of benzene rings is 1. The zero-order chi connectivity index (χ0) is 15.4. The largest absolute Gasteiger partial charge is 0.476 e. The Morgan fingerprint density at radius 3 is 2.71 bits per heavy atom. The Morgan fingerprint density at radius 1 is 1.38 bits per heavy atom. The van der Waals surface area contributed by atoms with E-state index in [0.29, 0.717) is 29.6 Å². The summed E-state index contributed by atoms with van der Waals surface area (Å²) in [7, 11) is 0. The zero-order valence-corrected chi connectivity index (χ0v) is 12.8. The molecule has 0 unspecified atom stereocenters. The minimum Gasteiger partial charge on any atom is -0.476 e. The Balaban J connectivity index is 2.33. The number of hydrogen-bond acceptors (Lipinski definition) is 3. The molecule has 0 saturated heterocycles. The lowest BCUT2D eigenvalue weighted by Crippen LogP contribution is -2.11. The fourth-order valence-corrected chi connectivity index (χ4v) is 2.26. The van der Waals surface area contributed by atoms with Crippen LogP contribution in [0.3, 0.4) is 0 Å². The summed E-state index contributed by atoms with van der Waals surface area (Å²) < 4.78 is 1.67. The lowest BCUT2D eigenvalue weighted by Gasteiger charge is -2.09. The Labute approximate surface area is 128 Å². The van der Waals surface area contributed by atoms with Crippen molar-refractivity contribution in [2.75, 3.05) is 0 Å². The second kappa shape index (κ2) is 6.72. The molecule has 0 aliphatic heterocycles. The predicted molar refractivity (Wildman–Crippen MR) is 80.7 cm³/mol. The van der Waals surface area contributed by atoms with Crippen molar-refractivity contribution in [2.24, 2.45) is 5.92 Å². The smallest absolute Gasteiger partial charge is 0.358 e. The summed E-state index contributed by atoms with van der Waals surface area (Å²) in [6.45, 7) is 4.88. The summed E-state index contributed by atoms with van der Waals surface area (Å²) in [4.78, 5) is 11.3. The molecule has 0 fully saturated rings. The Hall–Kier alpha value is -1.88. The van der Waals surface area contributed by atoms with Crippen molar-refractivity contribution in [3.8, 4) is 0 Å². The van der Waals surface area contributed by atoms with Gasteiger partial charge in [0.1, 0.15) is 0 Å². The van der Waals surface area contributed by atoms with E-state index in [1.54, 1.807) is 10.7 Å². The third-order valence-electron chi connectivity index (χ3n) is 3.27. The van der Waals surface area contributed by atoms with Crippen LogP contribution in [-0.4, -0.2) is 26.1 Å². The second-order valence-corrected chi connectivity index (χ2v) is 5.77. The van der Waals surface area contributed by atoms with E-state index >= 15 is 0 Å². The van der Waals surface area contributed by atoms with Crippen LogP contribution in [0.15, 0.2) is 24.3 Å². The van der Waals surface area contributed by atoms with E-state index in [4.69, 9.17) is 11.6 Å². The van der Waals surface area contributed by atoms with Crippen LogP contribution in [0.25, 0.3) is 0 Å². The molecule has 6 heteroatoms. The molecule has 0 bridgehead atoms. The van der Waals surface area contributed by atoms with Crippen LogP contribution in [0, 0.1) is 5.92 Å². The average Bonchev–Trinajstić information content (AvgIpc) is 2.82. The van der Waals surface area contributed by atoms with Crippen molar-refractivity contribution in [1.29, 1.82) is 0 Å². The van der Waals surface area contributed by atoms with Crippen molar-refractivity contribution < 1.29 is 9.90 Å². The van der Waals surface area contributed by atoms with Gasteiger partial charge in [-0.25, -0.2) is 9.48 Å². The topological polar surface area (TPSA) is 68.0 Å². The van der Waals surface area contributed by atoms with Gasteiger partial charge >= 0.3 is 5.97 Å². The normalized spacial score (nSPS) is 11.0. The van der Waals surface area contributed by atoms with Crippen molar-refractivity contribution in [3.63, 3.8) is 0 Å².